The molecule has 0 aliphatic rings. The van der Waals surface area contributed by atoms with Crippen molar-refractivity contribution in [3.63, 3.8) is 0 Å². The second kappa shape index (κ2) is 11.8. The standard InChI is InChI=1S/C24H30O4S/c1-17(24(27)28-3)16-29-23(22-10-6-7-19(14-22)15-25)12-11-20-8-4-5-9-21(20)13-18(2)26/h4-10,14-15,17-18,23,26H,11-13,16H2,1-3H3. The topological polar surface area (TPSA) is 63.6 Å². The summed E-state index contributed by atoms with van der Waals surface area (Å²) in [6.07, 6.45) is 2.84. The van der Waals surface area contributed by atoms with Gasteiger partial charge in [0.1, 0.15) is 6.29 Å². The summed E-state index contributed by atoms with van der Waals surface area (Å²) < 4.78 is 4.85. The Morgan fingerprint density at radius 2 is 1.86 bits per heavy atom. The van der Waals surface area contributed by atoms with Gasteiger partial charge in [-0.2, -0.15) is 11.8 Å². The number of methoxy groups -OCH3 is 1. The van der Waals surface area contributed by atoms with Crippen molar-refractivity contribution < 1.29 is 19.4 Å². The van der Waals surface area contributed by atoms with Crippen LogP contribution in [0.1, 0.15) is 52.6 Å². The number of thioether (sulfide) groups is 1. The number of aryl methyl sites for hydroxylation is 1. The molecule has 2 rings (SSSR count). The van der Waals surface area contributed by atoms with Gasteiger partial charge >= 0.3 is 5.97 Å². The zero-order valence-corrected chi connectivity index (χ0v) is 18.2. The van der Waals surface area contributed by atoms with Crippen LogP contribution in [0.2, 0.25) is 0 Å². The van der Waals surface area contributed by atoms with Crippen molar-refractivity contribution in [3.8, 4) is 0 Å². The van der Waals surface area contributed by atoms with Crippen LogP contribution in [0.25, 0.3) is 0 Å². The first kappa shape index (κ1) is 23.2. The highest BCUT2D eigenvalue weighted by Crippen LogP contribution is 2.35. The third-order valence-corrected chi connectivity index (χ3v) is 6.48. The number of ether oxygens (including phenoxy) is 1. The second-order valence-corrected chi connectivity index (χ2v) is 8.63. The van der Waals surface area contributed by atoms with E-state index in [9.17, 15) is 14.7 Å². The molecule has 3 unspecified atom stereocenters. The van der Waals surface area contributed by atoms with E-state index in [0.29, 0.717) is 17.7 Å². The van der Waals surface area contributed by atoms with Crippen molar-refractivity contribution in [1.82, 2.24) is 0 Å². The molecule has 4 nitrogen and oxygen atoms in total. The summed E-state index contributed by atoms with van der Waals surface area (Å²) >= 11 is 1.72. The average Bonchev–Trinajstić information content (AvgIpc) is 2.73. The van der Waals surface area contributed by atoms with Crippen molar-refractivity contribution in [2.45, 2.75) is 44.5 Å². The molecule has 0 aliphatic heterocycles. The molecule has 0 saturated heterocycles. The molecule has 0 heterocycles. The van der Waals surface area contributed by atoms with Crippen LogP contribution in [0.15, 0.2) is 48.5 Å². The van der Waals surface area contributed by atoms with Gasteiger partial charge in [0.15, 0.2) is 0 Å². The van der Waals surface area contributed by atoms with Gasteiger partial charge in [-0.15, -0.1) is 0 Å². The van der Waals surface area contributed by atoms with Crippen molar-refractivity contribution >= 4 is 24.0 Å². The lowest BCUT2D eigenvalue weighted by atomic mass is 9.96. The molecule has 0 fully saturated rings. The van der Waals surface area contributed by atoms with Gasteiger partial charge in [0.25, 0.3) is 0 Å². The highest BCUT2D eigenvalue weighted by atomic mass is 32.2. The third-order valence-electron chi connectivity index (χ3n) is 4.88. The SMILES string of the molecule is COC(=O)C(C)CSC(CCc1ccccc1CC(C)O)c1cccc(C=O)c1. The summed E-state index contributed by atoms with van der Waals surface area (Å²) in [5, 5.41) is 9.94. The van der Waals surface area contributed by atoms with Crippen LogP contribution < -0.4 is 0 Å². The Morgan fingerprint density at radius 3 is 2.52 bits per heavy atom. The quantitative estimate of drug-likeness (QED) is 0.429. The molecule has 3 atom stereocenters. The average molecular weight is 415 g/mol. The summed E-state index contributed by atoms with van der Waals surface area (Å²) in [7, 11) is 1.41. The number of rotatable bonds is 11. The van der Waals surface area contributed by atoms with Crippen molar-refractivity contribution in [2.24, 2.45) is 5.92 Å². The van der Waals surface area contributed by atoms with Gasteiger partial charge in [-0.3, -0.25) is 9.59 Å². The van der Waals surface area contributed by atoms with Crippen LogP contribution in [0.5, 0.6) is 0 Å². The Labute approximate surface area is 177 Å². The molecule has 29 heavy (non-hydrogen) atoms. The Hall–Kier alpha value is -2.11. The fourth-order valence-electron chi connectivity index (χ4n) is 3.31. The molecule has 2 aromatic rings. The van der Waals surface area contributed by atoms with Gasteiger partial charge in [0.2, 0.25) is 0 Å². The summed E-state index contributed by atoms with van der Waals surface area (Å²) in [5.41, 5.74) is 4.13. The van der Waals surface area contributed by atoms with E-state index in [2.05, 4.69) is 12.1 Å². The van der Waals surface area contributed by atoms with Gasteiger partial charge < -0.3 is 9.84 Å². The van der Waals surface area contributed by atoms with E-state index in [1.54, 1.807) is 24.8 Å². The number of hydrogen-bond acceptors (Lipinski definition) is 5. The van der Waals surface area contributed by atoms with E-state index in [0.717, 1.165) is 30.3 Å². The lowest BCUT2D eigenvalue weighted by molar-refractivity contribution is -0.144. The van der Waals surface area contributed by atoms with E-state index < -0.39 is 0 Å². The fraction of sp³-hybridized carbons (Fsp3) is 0.417. The lowest BCUT2D eigenvalue weighted by Gasteiger charge is -2.20. The van der Waals surface area contributed by atoms with E-state index in [1.165, 1.54) is 12.7 Å². The van der Waals surface area contributed by atoms with Crippen LogP contribution in [0.3, 0.4) is 0 Å². The Morgan fingerprint density at radius 1 is 1.14 bits per heavy atom. The molecule has 0 bridgehead atoms. The van der Waals surface area contributed by atoms with Gasteiger partial charge in [-0.1, -0.05) is 49.4 Å². The van der Waals surface area contributed by atoms with E-state index >= 15 is 0 Å². The van der Waals surface area contributed by atoms with E-state index in [1.807, 2.05) is 37.3 Å². The smallest absolute Gasteiger partial charge is 0.309 e. The maximum Gasteiger partial charge on any atom is 0.309 e. The molecule has 0 amide bonds. The minimum Gasteiger partial charge on any atom is -0.469 e. The Balaban J connectivity index is 2.17. The van der Waals surface area contributed by atoms with Gasteiger partial charge in [0.05, 0.1) is 19.1 Å². The zero-order chi connectivity index (χ0) is 21.2. The number of carbonyl (C=O) groups is 2. The molecule has 1 N–H and O–H groups in total. The number of carbonyl (C=O) groups excluding carboxylic acids is 2. The van der Waals surface area contributed by atoms with Crippen LogP contribution in [-0.2, 0) is 22.4 Å². The molecule has 156 valence electrons. The van der Waals surface area contributed by atoms with Crippen molar-refractivity contribution in [2.75, 3.05) is 12.9 Å². The number of aliphatic hydroxyl groups excluding tert-OH is 1. The van der Waals surface area contributed by atoms with Crippen LogP contribution in [0, 0.1) is 5.92 Å². The summed E-state index contributed by atoms with van der Waals surface area (Å²) in [6.45, 7) is 3.67. The normalized spacial score (nSPS) is 14.1. The minimum absolute atomic E-state index is 0.154. The summed E-state index contributed by atoms with van der Waals surface area (Å²) in [4.78, 5) is 23.0. The Bertz CT molecular complexity index is 803. The molecule has 0 radical (unpaired) electrons. The molecule has 5 heteroatoms. The molecule has 0 aliphatic carbocycles. The van der Waals surface area contributed by atoms with E-state index in [4.69, 9.17) is 4.74 Å². The largest absolute Gasteiger partial charge is 0.469 e. The molecule has 0 spiro atoms. The molecule has 2 aromatic carbocycles. The summed E-state index contributed by atoms with van der Waals surface area (Å²) in [5.74, 6) is 0.252. The summed E-state index contributed by atoms with van der Waals surface area (Å²) in [6, 6.07) is 15.9. The first-order valence-corrected chi connectivity index (χ1v) is 11.0. The van der Waals surface area contributed by atoms with E-state index in [-0.39, 0.29) is 23.2 Å². The van der Waals surface area contributed by atoms with Crippen LogP contribution in [-0.4, -0.2) is 36.3 Å². The van der Waals surface area contributed by atoms with Crippen LogP contribution >= 0.6 is 11.8 Å². The molecule has 0 aromatic heterocycles. The predicted molar refractivity (Wildman–Crippen MR) is 118 cm³/mol. The number of aldehydes is 1. The minimum atomic E-state index is -0.383. The highest BCUT2D eigenvalue weighted by molar-refractivity contribution is 7.99. The fourth-order valence-corrected chi connectivity index (χ4v) is 4.59. The first-order valence-electron chi connectivity index (χ1n) is 9.94. The molecule has 0 saturated carbocycles. The lowest BCUT2D eigenvalue weighted by Crippen LogP contribution is -2.16. The van der Waals surface area contributed by atoms with Crippen LogP contribution in [0.4, 0.5) is 0 Å². The zero-order valence-electron chi connectivity index (χ0n) is 17.3. The van der Waals surface area contributed by atoms with Gasteiger partial charge in [0, 0.05) is 16.6 Å². The number of esters is 1. The molecular formula is C24H30O4S. The Kier molecular flexibility index (Phi) is 9.42. The second-order valence-electron chi connectivity index (χ2n) is 7.39. The maximum atomic E-state index is 11.8. The monoisotopic (exact) mass is 414 g/mol. The maximum absolute atomic E-state index is 11.8. The molecular weight excluding hydrogens is 384 g/mol. The number of aliphatic hydroxyl groups is 1. The third kappa shape index (κ3) is 7.33. The highest BCUT2D eigenvalue weighted by Gasteiger charge is 2.19. The van der Waals surface area contributed by atoms with Crippen molar-refractivity contribution in [1.29, 1.82) is 0 Å². The number of hydrogen-bond donors (Lipinski definition) is 1. The van der Waals surface area contributed by atoms with Crippen molar-refractivity contribution in [3.05, 3.63) is 70.8 Å². The van der Waals surface area contributed by atoms with Gasteiger partial charge in [-0.05, 0) is 48.9 Å². The first-order chi connectivity index (χ1) is 13.9. The predicted octanol–water partition coefficient (Wildman–Crippen LogP) is 4.64. The van der Waals surface area contributed by atoms with Gasteiger partial charge in [-0.25, -0.2) is 0 Å². The number of benzene rings is 2.